The monoisotopic (exact) mass is 282 g/mol. The van der Waals surface area contributed by atoms with Crippen LogP contribution in [0.25, 0.3) is 0 Å². The van der Waals surface area contributed by atoms with Crippen molar-refractivity contribution in [2.45, 2.75) is 52.6 Å². The Kier molecular flexibility index (Phi) is 4.73. The van der Waals surface area contributed by atoms with E-state index >= 15 is 0 Å². The fraction of sp³-hybridized carbons (Fsp3) is 0.643. The van der Waals surface area contributed by atoms with Gasteiger partial charge in [-0.1, -0.05) is 18.7 Å². The molecular formula is C14H22N2S2. The van der Waals surface area contributed by atoms with Gasteiger partial charge < -0.3 is 5.32 Å². The molecule has 0 fully saturated rings. The van der Waals surface area contributed by atoms with Crippen LogP contribution in [-0.2, 0) is 0 Å². The fourth-order valence-corrected chi connectivity index (χ4v) is 4.37. The predicted octanol–water partition coefficient (Wildman–Crippen LogP) is 4.29. The van der Waals surface area contributed by atoms with E-state index in [1.807, 2.05) is 23.1 Å². The Labute approximate surface area is 118 Å². The molecule has 2 rings (SSSR count). The number of hydrogen-bond donors (Lipinski definition) is 1. The molecule has 0 spiro atoms. The van der Waals surface area contributed by atoms with Crippen molar-refractivity contribution in [3.05, 3.63) is 21.4 Å². The summed E-state index contributed by atoms with van der Waals surface area (Å²) in [6.45, 7) is 8.83. The van der Waals surface area contributed by atoms with Gasteiger partial charge in [-0.2, -0.15) is 0 Å². The zero-order chi connectivity index (χ0) is 13.1. The van der Waals surface area contributed by atoms with Crippen LogP contribution in [0.15, 0.2) is 11.1 Å². The van der Waals surface area contributed by atoms with E-state index in [0.29, 0.717) is 12.1 Å². The summed E-state index contributed by atoms with van der Waals surface area (Å²) in [5, 5.41) is 4.70. The van der Waals surface area contributed by atoms with Crippen LogP contribution < -0.4 is 5.32 Å². The van der Waals surface area contributed by atoms with E-state index < -0.39 is 0 Å². The van der Waals surface area contributed by atoms with Gasteiger partial charge in [0, 0.05) is 15.5 Å². The summed E-state index contributed by atoms with van der Waals surface area (Å²) in [4.78, 5) is 7.58. The third-order valence-electron chi connectivity index (χ3n) is 3.35. The SMILES string of the molecule is CCC1CCSC(NC(C)c2cc(C)sc2C)=N1. The highest BCUT2D eigenvalue weighted by molar-refractivity contribution is 8.13. The minimum absolute atomic E-state index is 0.358. The van der Waals surface area contributed by atoms with E-state index in [0.717, 1.165) is 11.6 Å². The van der Waals surface area contributed by atoms with Crippen LogP contribution >= 0.6 is 23.1 Å². The second kappa shape index (κ2) is 6.11. The molecule has 0 aliphatic carbocycles. The molecular weight excluding hydrogens is 260 g/mol. The van der Waals surface area contributed by atoms with Crippen LogP contribution in [0.1, 0.15) is 48.0 Å². The summed E-state index contributed by atoms with van der Waals surface area (Å²) in [5.41, 5.74) is 1.42. The summed E-state index contributed by atoms with van der Waals surface area (Å²) >= 11 is 3.74. The number of nitrogens with zero attached hydrogens (tertiary/aromatic N) is 1. The number of thioether (sulfide) groups is 1. The Balaban J connectivity index is 2.05. The molecule has 0 aromatic carbocycles. The van der Waals surface area contributed by atoms with Gasteiger partial charge in [-0.25, -0.2) is 0 Å². The molecule has 1 aromatic rings. The first kappa shape index (κ1) is 13.9. The number of amidine groups is 1. The lowest BCUT2D eigenvalue weighted by Gasteiger charge is -2.22. The van der Waals surface area contributed by atoms with Gasteiger partial charge in [0.1, 0.15) is 0 Å². The lowest BCUT2D eigenvalue weighted by molar-refractivity contribution is 0.622. The zero-order valence-electron chi connectivity index (χ0n) is 11.6. The van der Waals surface area contributed by atoms with Crippen LogP contribution in [-0.4, -0.2) is 17.0 Å². The van der Waals surface area contributed by atoms with Crippen LogP contribution in [0.2, 0.25) is 0 Å². The van der Waals surface area contributed by atoms with E-state index in [4.69, 9.17) is 4.99 Å². The van der Waals surface area contributed by atoms with E-state index in [-0.39, 0.29) is 0 Å². The maximum atomic E-state index is 4.77. The van der Waals surface area contributed by atoms with Crippen molar-refractivity contribution in [3.8, 4) is 0 Å². The molecule has 2 atom stereocenters. The molecule has 2 unspecified atom stereocenters. The first-order valence-electron chi connectivity index (χ1n) is 6.64. The third-order valence-corrected chi connectivity index (χ3v) is 5.27. The van der Waals surface area contributed by atoms with Crippen molar-refractivity contribution in [2.24, 2.45) is 4.99 Å². The standard InChI is InChI=1S/C14H22N2S2/c1-5-12-6-7-17-14(16-12)15-10(3)13-8-9(2)18-11(13)4/h8,10,12H,5-7H2,1-4H3,(H,15,16). The minimum Gasteiger partial charge on any atom is -0.358 e. The van der Waals surface area contributed by atoms with Gasteiger partial charge in [0.15, 0.2) is 5.17 Å². The summed E-state index contributed by atoms with van der Waals surface area (Å²) in [6.07, 6.45) is 2.37. The molecule has 1 aliphatic rings. The highest BCUT2D eigenvalue weighted by Crippen LogP contribution is 2.27. The maximum absolute atomic E-state index is 4.77. The van der Waals surface area contributed by atoms with Gasteiger partial charge in [0.2, 0.25) is 0 Å². The topological polar surface area (TPSA) is 24.4 Å². The smallest absolute Gasteiger partial charge is 0.157 e. The van der Waals surface area contributed by atoms with Crippen molar-refractivity contribution < 1.29 is 0 Å². The fourth-order valence-electron chi connectivity index (χ4n) is 2.28. The van der Waals surface area contributed by atoms with Crippen molar-refractivity contribution in [2.75, 3.05) is 5.75 Å². The van der Waals surface area contributed by atoms with Gasteiger partial charge in [0.25, 0.3) is 0 Å². The van der Waals surface area contributed by atoms with Crippen molar-refractivity contribution in [3.63, 3.8) is 0 Å². The number of rotatable bonds is 3. The van der Waals surface area contributed by atoms with Crippen LogP contribution in [0.3, 0.4) is 0 Å². The Morgan fingerprint density at radius 2 is 2.28 bits per heavy atom. The van der Waals surface area contributed by atoms with Gasteiger partial charge in [0.05, 0.1) is 12.1 Å². The van der Waals surface area contributed by atoms with E-state index in [2.05, 4.69) is 39.1 Å². The summed E-state index contributed by atoms with van der Waals surface area (Å²) in [7, 11) is 0. The molecule has 0 saturated carbocycles. The van der Waals surface area contributed by atoms with Gasteiger partial charge in [-0.15, -0.1) is 11.3 Å². The molecule has 0 bridgehead atoms. The average molecular weight is 282 g/mol. The zero-order valence-corrected chi connectivity index (χ0v) is 13.3. The summed E-state index contributed by atoms with van der Waals surface area (Å²) in [5.74, 6) is 1.19. The Hall–Kier alpha value is -0.480. The number of aryl methyl sites for hydroxylation is 2. The summed E-state index contributed by atoms with van der Waals surface area (Å²) in [6, 6.07) is 3.17. The largest absolute Gasteiger partial charge is 0.358 e. The molecule has 0 radical (unpaired) electrons. The average Bonchev–Trinajstić information content (AvgIpc) is 2.69. The molecule has 1 aliphatic heterocycles. The lowest BCUT2D eigenvalue weighted by atomic mass is 10.1. The third kappa shape index (κ3) is 3.29. The molecule has 0 saturated heterocycles. The molecule has 2 heterocycles. The van der Waals surface area contributed by atoms with Crippen LogP contribution in [0.4, 0.5) is 0 Å². The Morgan fingerprint density at radius 1 is 1.50 bits per heavy atom. The van der Waals surface area contributed by atoms with Crippen LogP contribution in [0.5, 0.6) is 0 Å². The molecule has 1 N–H and O–H groups in total. The van der Waals surface area contributed by atoms with Crippen molar-refractivity contribution >= 4 is 28.3 Å². The van der Waals surface area contributed by atoms with E-state index in [9.17, 15) is 0 Å². The number of thiophene rings is 1. The minimum atomic E-state index is 0.358. The second-order valence-corrected chi connectivity index (χ2v) is 7.41. The molecule has 18 heavy (non-hydrogen) atoms. The highest BCUT2D eigenvalue weighted by Gasteiger charge is 2.17. The Morgan fingerprint density at radius 3 is 2.89 bits per heavy atom. The van der Waals surface area contributed by atoms with Gasteiger partial charge in [-0.3, -0.25) is 4.99 Å². The van der Waals surface area contributed by atoms with E-state index in [1.54, 1.807) is 0 Å². The van der Waals surface area contributed by atoms with Gasteiger partial charge in [-0.05, 0) is 45.2 Å². The predicted molar refractivity (Wildman–Crippen MR) is 83.9 cm³/mol. The van der Waals surface area contributed by atoms with Crippen LogP contribution in [0, 0.1) is 13.8 Å². The van der Waals surface area contributed by atoms with E-state index in [1.165, 1.54) is 27.5 Å². The quantitative estimate of drug-likeness (QED) is 0.894. The number of nitrogens with one attached hydrogen (secondary N) is 1. The first-order valence-corrected chi connectivity index (χ1v) is 8.44. The summed E-state index contributed by atoms with van der Waals surface area (Å²) < 4.78 is 0. The molecule has 2 nitrogen and oxygen atoms in total. The highest BCUT2D eigenvalue weighted by atomic mass is 32.2. The van der Waals surface area contributed by atoms with Crippen molar-refractivity contribution in [1.29, 1.82) is 0 Å². The number of hydrogen-bond acceptors (Lipinski definition) is 4. The molecule has 0 amide bonds. The van der Waals surface area contributed by atoms with Gasteiger partial charge >= 0.3 is 0 Å². The van der Waals surface area contributed by atoms with Crippen molar-refractivity contribution in [1.82, 2.24) is 5.32 Å². The second-order valence-electron chi connectivity index (χ2n) is 4.87. The normalized spacial score (nSPS) is 21.6. The Bertz CT molecular complexity index is 437. The first-order chi connectivity index (χ1) is 8.60. The molecule has 1 aromatic heterocycles. The molecule has 4 heteroatoms. The number of aliphatic imine (C=N–C) groups is 1. The molecule has 100 valence electrons. The lowest BCUT2D eigenvalue weighted by Crippen LogP contribution is -2.29. The maximum Gasteiger partial charge on any atom is 0.157 e.